The van der Waals surface area contributed by atoms with Gasteiger partial charge in [0.2, 0.25) is 0 Å². The molecule has 154 valence electrons. The number of halogens is 2. The molecule has 1 fully saturated rings. The van der Waals surface area contributed by atoms with Crippen LogP contribution in [0.5, 0.6) is 5.75 Å². The number of rotatable bonds is 8. The number of hydrogen-bond acceptors (Lipinski definition) is 4. The first-order chi connectivity index (χ1) is 12.6. The number of hydrogen-bond donors (Lipinski definition) is 1. The van der Waals surface area contributed by atoms with Crippen LogP contribution >= 0.6 is 35.6 Å². The standard InChI is InChI=1S/C19H31ClN4O2.HI/c1-16(15-24-8-10-25-11-9-24)14-22-19(21-2)23(3)7-12-26-18-6-4-5-17(20)13-18;/h4-6,13,16H,7-12,14-15H2,1-3H3,(H,21,22);1H. The molecule has 1 aliphatic rings. The van der Waals surface area contributed by atoms with E-state index in [1.54, 1.807) is 0 Å². The molecule has 1 atom stereocenters. The van der Waals surface area contributed by atoms with Gasteiger partial charge in [-0.1, -0.05) is 24.6 Å². The van der Waals surface area contributed by atoms with Gasteiger partial charge in [-0.05, 0) is 24.1 Å². The summed E-state index contributed by atoms with van der Waals surface area (Å²) in [6, 6.07) is 7.45. The van der Waals surface area contributed by atoms with Crippen molar-refractivity contribution in [1.82, 2.24) is 15.1 Å². The molecule has 1 saturated heterocycles. The Kier molecular flexibility index (Phi) is 12.1. The molecule has 27 heavy (non-hydrogen) atoms. The summed E-state index contributed by atoms with van der Waals surface area (Å²) < 4.78 is 11.2. The van der Waals surface area contributed by atoms with Crippen LogP contribution in [0.4, 0.5) is 0 Å². The quantitative estimate of drug-likeness (QED) is 0.331. The molecule has 1 aromatic rings. The number of aliphatic imine (C=N–C) groups is 1. The van der Waals surface area contributed by atoms with Gasteiger partial charge in [0, 0.05) is 45.3 Å². The highest BCUT2D eigenvalue weighted by molar-refractivity contribution is 14.0. The highest BCUT2D eigenvalue weighted by Crippen LogP contribution is 2.16. The van der Waals surface area contributed by atoms with Crippen molar-refractivity contribution in [3.8, 4) is 5.75 Å². The molecule has 2 rings (SSSR count). The topological polar surface area (TPSA) is 49.3 Å². The zero-order valence-electron chi connectivity index (χ0n) is 16.5. The molecule has 0 bridgehead atoms. The molecule has 0 spiro atoms. The van der Waals surface area contributed by atoms with Gasteiger partial charge in [-0.15, -0.1) is 24.0 Å². The van der Waals surface area contributed by atoms with Crippen molar-refractivity contribution >= 4 is 41.5 Å². The van der Waals surface area contributed by atoms with Gasteiger partial charge >= 0.3 is 0 Å². The second kappa shape index (κ2) is 13.4. The zero-order valence-corrected chi connectivity index (χ0v) is 19.6. The summed E-state index contributed by atoms with van der Waals surface area (Å²) in [6.07, 6.45) is 0. The largest absolute Gasteiger partial charge is 0.492 e. The minimum absolute atomic E-state index is 0. The molecule has 1 heterocycles. The van der Waals surface area contributed by atoms with Gasteiger partial charge in [-0.3, -0.25) is 9.89 Å². The second-order valence-electron chi connectivity index (χ2n) is 6.67. The summed E-state index contributed by atoms with van der Waals surface area (Å²) in [7, 11) is 3.83. The van der Waals surface area contributed by atoms with Gasteiger partial charge in [0.15, 0.2) is 5.96 Å². The van der Waals surface area contributed by atoms with Crippen LogP contribution in [-0.2, 0) is 4.74 Å². The van der Waals surface area contributed by atoms with Crippen LogP contribution < -0.4 is 10.1 Å². The smallest absolute Gasteiger partial charge is 0.193 e. The second-order valence-corrected chi connectivity index (χ2v) is 7.11. The van der Waals surface area contributed by atoms with Gasteiger partial charge in [-0.25, -0.2) is 0 Å². The van der Waals surface area contributed by atoms with Gasteiger partial charge in [0.1, 0.15) is 12.4 Å². The molecule has 0 radical (unpaired) electrons. The van der Waals surface area contributed by atoms with E-state index in [1.807, 2.05) is 38.4 Å². The van der Waals surface area contributed by atoms with E-state index in [9.17, 15) is 0 Å². The molecule has 8 heteroatoms. The Hall–Kier alpha value is -0.770. The fraction of sp³-hybridized carbons (Fsp3) is 0.632. The number of morpholine rings is 1. The van der Waals surface area contributed by atoms with Gasteiger partial charge < -0.3 is 19.7 Å². The average Bonchev–Trinajstić information content (AvgIpc) is 2.63. The Morgan fingerprint density at radius 3 is 2.81 bits per heavy atom. The molecular formula is C19H32ClIN4O2. The molecule has 0 aromatic heterocycles. The number of benzene rings is 1. The minimum Gasteiger partial charge on any atom is -0.492 e. The van der Waals surface area contributed by atoms with Crippen molar-refractivity contribution in [2.45, 2.75) is 6.92 Å². The summed E-state index contributed by atoms with van der Waals surface area (Å²) in [4.78, 5) is 8.90. The predicted octanol–water partition coefficient (Wildman–Crippen LogP) is 2.81. The van der Waals surface area contributed by atoms with Crippen molar-refractivity contribution in [3.63, 3.8) is 0 Å². The molecule has 1 unspecified atom stereocenters. The Morgan fingerprint density at radius 2 is 2.15 bits per heavy atom. The molecule has 0 amide bonds. The lowest BCUT2D eigenvalue weighted by Gasteiger charge is -2.30. The Bertz CT molecular complexity index is 570. The normalized spacial score (nSPS) is 16.4. The molecule has 1 aliphatic heterocycles. The van der Waals surface area contributed by atoms with Crippen LogP contribution in [0.15, 0.2) is 29.3 Å². The van der Waals surface area contributed by atoms with E-state index in [2.05, 4.69) is 27.0 Å². The average molecular weight is 511 g/mol. The predicted molar refractivity (Wildman–Crippen MR) is 123 cm³/mol. The zero-order chi connectivity index (χ0) is 18.8. The van der Waals surface area contributed by atoms with E-state index in [4.69, 9.17) is 21.1 Å². The summed E-state index contributed by atoms with van der Waals surface area (Å²) in [5.41, 5.74) is 0. The van der Waals surface area contributed by atoms with E-state index in [-0.39, 0.29) is 24.0 Å². The SMILES string of the molecule is CN=C(NCC(C)CN1CCOCC1)N(C)CCOc1cccc(Cl)c1.I. The molecular weight excluding hydrogens is 479 g/mol. The highest BCUT2D eigenvalue weighted by Gasteiger charge is 2.14. The number of nitrogens with one attached hydrogen (secondary N) is 1. The van der Waals surface area contributed by atoms with Crippen LogP contribution in [-0.4, -0.2) is 82.4 Å². The third kappa shape index (κ3) is 9.32. The fourth-order valence-corrected chi connectivity index (χ4v) is 3.08. The maximum absolute atomic E-state index is 5.97. The Balaban J connectivity index is 0.00000364. The van der Waals surface area contributed by atoms with Crippen molar-refractivity contribution in [2.75, 3.05) is 66.6 Å². The number of ether oxygens (including phenoxy) is 2. The van der Waals surface area contributed by atoms with Crippen LogP contribution in [0.3, 0.4) is 0 Å². The molecule has 6 nitrogen and oxygen atoms in total. The van der Waals surface area contributed by atoms with E-state index in [0.29, 0.717) is 17.5 Å². The van der Waals surface area contributed by atoms with Crippen LogP contribution in [0.2, 0.25) is 5.02 Å². The first kappa shape index (κ1) is 24.3. The monoisotopic (exact) mass is 510 g/mol. The molecule has 1 aromatic carbocycles. The van der Waals surface area contributed by atoms with E-state index >= 15 is 0 Å². The first-order valence-corrected chi connectivity index (χ1v) is 9.56. The third-order valence-electron chi connectivity index (χ3n) is 4.35. The van der Waals surface area contributed by atoms with Gasteiger partial charge in [-0.2, -0.15) is 0 Å². The van der Waals surface area contributed by atoms with Gasteiger partial charge in [0.05, 0.1) is 19.8 Å². The van der Waals surface area contributed by atoms with Crippen LogP contribution in [0.1, 0.15) is 6.92 Å². The van der Waals surface area contributed by atoms with Crippen molar-refractivity contribution in [1.29, 1.82) is 0 Å². The maximum atomic E-state index is 5.97. The van der Waals surface area contributed by atoms with Crippen molar-refractivity contribution in [2.24, 2.45) is 10.9 Å². The number of guanidine groups is 1. The van der Waals surface area contributed by atoms with E-state index < -0.39 is 0 Å². The Morgan fingerprint density at radius 1 is 1.41 bits per heavy atom. The molecule has 0 aliphatic carbocycles. The number of likely N-dealkylation sites (N-methyl/N-ethyl adjacent to an activating group) is 1. The lowest BCUT2D eigenvalue weighted by atomic mass is 10.1. The fourth-order valence-electron chi connectivity index (χ4n) is 2.90. The summed E-state index contributed by atoms with van der Waals surface area (Å²) >= 11 is 5.97. The van der Waals surface area contributed by atoms with E-state index in [1.165, 1.54) is 0 Å². The Labute approximate surface area is 185 Å². The van der Waals surface area contributed by atoms with Crippen molar-refractivity contribution in [3.05, 3.63) is 29.3 Å². The number of nitrogens with zero attached hydrogens (tertiary/aromatic N) is 3. The lowest BCUT2D eigenvalue weighted by Crippen LogP contribution is -2.45. The van der Waals surface area contributed by atoms with Gasteiger partial charge in [0.25, 0.3) is 0 Å². The van der Waals surface area contributed by atoms with Crippen LogP contribution in [0, 0.1) is 5.92 Å². The van der Waals surface area contributed by atoms with Crippen LogP contribution in [0.25, 0.3) is 0 Å². The first-order valence-electron chi connectivity index (χ1n) is 9.18. The summed E-state index contributed by atoms with van der Waals surface area (Å²) in [5.74, 6) is 2.21. The maximum Gasteiger partial charge on any atom is 0.193 e. The summed E-state index contributed by atoms with van der Waals surface area (Å²) in [6.45, 7) is 9.29. The van der Waals surface area contributed by atoms with E-state index in [0.717, 1.165) is 57.6 Å². The minimum atomic E-state index is 0. The summed E-state index contributed by atoms with van der Waals surface area (Å²) in [5, 5.41) is 4.14. The molecule has 1 N–H and O–H groups in total. The van der Waals surface area contributed by atoms with Crippen molar-refractivity contribution < 1.29 is 9.47 Å². The third-order valence-corrected chi connectivity index (χ3v) is 4.58. The lowest BCUT2D eigenvalue weighted by molar-refractivity contribution is 0.0320. The highest BCUT2D eigenvalue weighted by atomic mass is 127. The molecule has 0 saturated carbocycles.